The molecule has 0 aromatic rings. The molecule has 0 amide bonds. The second kappa shape index (κ2) is 6.86. The van der Waals surface area contributed by atoms with E-state index in [1.807, 2.05) is 6.92 Å². The van der Waals surface area contributed by atoms with Crippen LogP contribution in [0.1, 0.15) is 39.0 Å². The van der Waals surface area contributed by atoms with Crippen molar-refractivity contribution < 1.29 is 9.53 Å². The summed E-state index contributed by atoms with van der Waals surface area (Å²) >= 11 is 0. The fourth-order valence-corrected chi connectivity index (χ4v) is 1.92. The zero-order valence-corrected chi connectivity index (χ0v) is 10.4. The van der Waals surface area contributed by atoms with E-state index in [1.54, 1.807) is 0 Å². The molecular formula is C12H24N2O2. The molecule has 1 saturated heterocycles. The summed E-state index contributed by atoms with van der Waals surface area (Å²) in [6.07, 6.45) is 4.31. The third-order valence-corrected chi connectivity index (χ3v) is 3.00. The van der Waals surface area contributed by atoms with Crippen molar-refractivity contribution in [1.82, 2.24) is 4.90 Å². The van der Waals surface area contributed by atoms with Gasteiger partial charge in [0.2, 0.25) is 0 Å². The van der Waals surface area contributed by atoms with Crippen LogP contribution in [-0.4, -0.2) is 43.2 Å². The van der Waals surface area contributed by atoms with Crippen LogP contribution in [0.3, 0.4) is 0 Å². The third kappa shape index (κ3) is 5.47. The minimum Gasteiger partial charge on any atom is -0.462 e. The maximum Gasteiger partial charge on any atom is 0.306 e. The van der Waals surface area contributed by atoms with Crippen molar-refractivity contribution in [1.29, 1.82) is 0 Å². The first kappa shape index (κ1) is 13.5. The second-order valence-corrected chi connectivity index (χ2v) is 4.86. The van der Waals surface area contributed by atoms with E-state index < -0.39 is 0 Å². The van der Waals surface area contributed by atoms with Crippen LogP contribution in [0.15, 0.2) is 0 Å². The van der Waals surface area contributed by atoms with Crippen molar-refractivity contribution in [3.63, 3.8) is 0 Å². The number of hydrogen-bond donors (Lipinski definition) is 1. The minimum absolute atomic E-state index is 0.0600. The third-order valence-electron chi connectivity index (χ3n) is 3.00. The predicted molar refractivity (Wildman–Crippen MR) is 64.1 cm³/mol. The molecule has 1 aliphatic rings. The summed E-state index contributed by atoms with van der Waals surface area (Å²) in [6.45, 7) is 4.01. The Kier molecular flexibility index (Phi) is 5.77. The summed E-state index contributed by atoms with van der Waals surface area (Å²) in [4.78, 5) is 13.8. The van der Waals surface area contributed by atoms with E-state index in [0.29, 0.717) is 6.42 Å². The van der Waals surface area contributed by atoms with Gasteiger partial charge in [-0.3, -0.25) is 4.79 Å². The maximum atomic E-state index is 11.5. The van der Waals surface area contributed by atoms with Crippen LogP contribution in [0.4, 0.5) is 0 Å². The second-order valence-electron chi connectivity index (χ2n) is 4.86. The number of piperidine rings is 1. The Morgan fingerprint density at radius 2 is 2.12 bits per heavy atom. The van der Waals surface area contributed by atoms with Crippen LogP contribution in [-0.2, 0) is 9.53 Å². The van der Waals surface area contributed by atoms with Gasteiger partial charge in [0.1, 0.15) is 6.10 Å². The Morgan fingerprint density at radius 1 is 1.50 bits per heavy atom. The number of rotatable bonds is 5. The van der Waals surface area contributed by atoms with Gasteiger partial charge in [-0.2, -0.15) is 0 Å². The molecule has 0 spiro atoms. The fraction of sp³-hybridized carbons (Fsp3) is 0.917. The van der Waals surface area contributed by atoms with E-state index in [4.69, 9.17) is 10.5 Å². The lowest BCUT2D eigenvalue weighted by molar-refractivity contribution is -0.151. The van der Waals surface area contributed by atoms with E-state index in [0.717, 1.165) is 38.8 Å². The van der Waals surface area contributed by atoms with E-state index in [9.17, 15) is 4.79 Å². The van der Waals surface area contributed by atoms with Gasteiger partial charge in [-0.15, -0.1) is 0 Å². The van der Waals surface area contributed by atoms with Gasteiger partial charge in [-0.25, -0.2) is 0 Å². The van der Waals surface area contributed by atoms with Crippen molar-refractivity contribution in [2.75, 3.05) is 20.1 Å². The van der Waals surface area contributed by atoms with Crippen molar-refractivity contribution >= 4 is 5.97 Å². The summed E-state index contributed by atoms with van der Waals surface area (Å²) in [6, 6.07) is 0.177. The number of nitrogens with zero attached hydrogens (tertiary/aromatic N) is 1. The normalized spacial score (nSPS) is 20.7. The average Bonchev–Trinajstić information content (AvgIpc) is 2.21. The number of carbonyl (C=O) groups is 1. The number of esters is 1. The molecule has 1 atom stereocenters. The largest absolute Gasteiger partial charge is 0.462 e. The average molecular weight is 228 g/mol. The van der Waals surface area contributed by atoms with Crippen LogP contribution >= 0.6 is 0 Å². The summed E-state index contributed by atoms with van der Waals surface area (Å²) in [5, 5.41) is 0. The van der Waals surface area contributed by atoms with Crippen LogP contribution in [0.2, 0.25) is 0 Å². The molecule has 0 radical (unpaired) electrons. The van der Waals surface area contributed by atoms with Crippen molar-refractivity contribution in [2.45, 2.75) is 51.2 Å². The Hall–Kier alpha value is -0.610. The Balaban J connectivity index is 2.09. The Morgan fingerprint density at radius 3 is 2.69 bits per heavy atom. The first-order chi connectivity index (χ1) is 7.58. The monoisotopic (exact) mass is 228 g/mol. The lowest BCUT2D eigenvalue weighted by Gasteiger charge is -2.28. The number of carbonyl (C=O) groups excluding carboxylic acids is 1. The molecule has 0 saturated carbocycles. The minimum atomic E-state index is -0.0600. The molecule has 1 aliphatic heterocycles. The molecule has 1 fully saturated rings. The summed E-state index contributed by atoms with van der Waals surface area (Å²) < 4.78 is 5.42. The SMILES string of the molecule is CC(N)CCCC(=O)OC1CCN(C)CC1. The highest BCUT2D eigenvalue weighted by molar-refractivity contribution is 5.69. The molecule has 16 heavy (non-hydrogen) atoms. The molecule has 0 aromatic heterocycles. The molecule has 0 aromatic carbocycles. The van der Waals surface area contributed by atoms with Crippen LogP contribution in [0.25, 0.3) is 0 Å². The number of nitrogens with two attached hydrogens (primary N) is 1. The molecule has 2 N–H and O–H groups in total. The smallest absolute Gasteiger partial charge is 0.306 e. The zero-order valence-electron chi connectivity index (χ0n) is 10.4. The highest BCUT2D eigenvalue weighted by atomic mass is 16.5. The van der Waals surface area contributed by atoms with Crippen LogP contribution in [0.5, 0.6) is 0 Å². The lowest BCUT2D eigenvalue weighted by atomic mass is 10.1. The molecule has 0 aliphatic carbocycles. The van der Waals surface area contributed by atoms with Gasteiger partial charge in [-0.05, 0) is 39.7 Å². The van der Waals surface area contributed by atoms with Gasteiger partial charge in [0, 0.05) is 25.6 Å². The number of ether oxygens (including phenoxy) is 1. The molecule has 1 rings (SSSR count). The molecule has 0 bridgehead atoms. The van der Waals surface area contributed by atoms with E-state index in [-0.39, 0.29) is 18.1 Å². The molecule has 1 heterocycles. The maximum absolute atomic E-state index is 11.5. The fourth-order valence-electron chi connectivity index (χ4n) is 1.92. The first-order valence-electron chi connectivity index (χ1n) is 6.21. The predicted octanol–water partition coefficient (Wildman–Crippen LogP) is 1.14. The summed E-state index contributed by atoms with van der Waals surface area (Å²) in [5.41, 5.74) is 5.62. The van der Waals surface area contributed by atoms with Crippen LogP contribution in [0, 0.1) is 0 Å². The lowest BCUT2D eigenvalue weighted by Crippen LogP contribution is -2.35. The van der Waals surface area contributed by atoms with Crippen molar-refractivity contribution in [2.24, 2.45) is 5.73 Å². The molecule has 4 heteroatoms. The zero-order chi connectivity index (χ0) is 12.0. The first-order valence-corrected chi connectivity index (χ1v) is 6.21. The van der Waals surface area contributed by atoms with Crippen molar-refractivity contribution in [3.8, 4) is 0 Å². The van der Waals surface area contributed by atoms with Gasteiger partial charge < -0.3 is 15.4 Å². The van der Waals surface area contributed by atoms with Gasteiger partial charge >= 0.3 is 5.97 Å². The van der Waals surface area contributed by atoms with E-state index in [1.165, 1.54) is 0 Å². The van der Waals surface area contributed by atoms with Crippen molar-refractivity contribution in [3.05, 3.63) is 0 Å². The molecule has 94 valence electrons. The van der Waals surface area contributed by atoms with Gasteiger partial charge in [0.25, 0.3) is 0 Å². The quantitative estimate of drug-likeness (QED) is 0.717. The highest BCUT2D eigenvalue weighted by Gasteiger charge is 2.19. The standard InChI is InChI=1S/C12H24N2O2/c1-10(13)4-3-5-12(15)16-11-6-8-14(2)9-7-11/h10-11H,3-9,13H2,1-2H3. The van der Waals surface area contributed by atoms with Gasteiger partial charge in [0.05, 0.1) is 0 Å². The topological polar surface area (TPSA) is 55.6 Å². The summed E-state index contributed by atoms with van der Waals surface area (Å²) in [7, 11) is 2.10. The molecular weight excluding hydrogens is 204 g/mol. The van der Waals surface area contributed by atoms with E-state index >= 15 is 0 Å². The Bertz CT molecular complexity index is 211. The molecule has 1 unspecified atom stereocenters. The molecule has 4 nitrogen and oxygen atoms in total. The number of hydrogen-bond acceptors (Lipinski definition) is 4. The van der Waals surface area contributed by atoms with E-state index in [2.05, 4.69) is 11.9 Å². The summed E-state index contributed by atoms with van der Waals surface area (Å²) in [5.74, 6) is -0.0600. The van der Waals surface area contributed by atoms with Crippen LogP contribution < -0.4 is 5.73 Å². The van der Waals surface area contributed by atoms with Gasteiger partial charge in [0.15, 0.2) is 0 Å². The highest BCUT2D eigenvalue weighted by Crippen LogP contribution is 2.13. The van der Waals surface area contributed by atoms with Gasteiger partial charge in [-0.1, -0.05) is 0 Å². The Labute approximate surface area is 98.1 Å². The number of likely N-dealkylation sites (tertiary alicyclic amines) is 1.